The lowest BCUT2D eigenvalue weighted by Gasteiger charge is -2.12. The van der Waals surface area contributed by atoms with Gasteiger partial charge in [0.2, 0.25) is 0 Å². The van der Waals surface area contributed by atoms with E-state index in [2.05, 4.69) is 30.4 Å². The van der Waals surface area contributed by atoms with E-state index in [-0.39, 0.29) is 0 Å². The molecule has 20 heavy (non-hydrogen) atoms. The topological polar surface area (TPSA) is 30.5 Å². The van der Waals surface area contributed by atoms with E-state index in [9.17, 15) is 0 Å². The van der Waals surface area contributed by atoms with Gasteiger partial charge in [-0.1, -0.05) is 24.3 Å². The highest BCUT2D eigenvalue weighted by atomic mass is 16.5. The highest BCUT2D eigenvalue weighted by Crippen LogP contribution is 2.26. The highest BCUT2D eigenvalue weighted by molar-refractivity contribution is 5.45. The Morgan fingerprint density at radius 3 is 2.40 bits per heavy atom. The van der Waals surface area contributed by atoms with Crippen molar-refractivity contribution < 1.29 is 9.47 Å². The zero-order chi connectivity index (χ0) is 14.2. The van der Waals surface area contributed by atoms with E-state index < -0.39 is 0 Å². The fourth-order valence-corrected chi connectivity index (χ4v) is 1.96. The van der Waals surface area contributed by atoms with E-state index in [1.54, 1.807) is 0 Å². The highest BCUT2D eigenvalue weighted by Gasteiger charge is 2.02. The van der Waals surface area contributed by atoms with Crippen molar-refractivity contribution in [1.29, 1.82) is 0 Å². The molecule has 2 rings (SSSR count). The number of aryl methyl sites for hydroxylation is 1. The van der Waals surface area contributed by atoms with Crippen molar-refractivity contribution in [1.82, 2.24) is 0 Å². The van der Waals surface area contributed by atoms with Crippen LogP contribution in [0.2, 0.25) is 0 Å². The van der Waals surface area contributed by atoms with Crippen LogP contribution in [-0.2, 0) is 0 Å². The van der Waals surface area contributed by atoms with E-state index in [1.165, 1.54) is 5.56 Å². The molecule has 0 saturated heterocycles. The summed E-state index contributed by atoms with van der Waals surface area (Å²) in [6, 6.07) is 16.1. The number of benzene rings is 2. The monoisotopic (exact) mass is 271 g/mol. The summed E-state index contributed by atoms with van der Waals surface area (Å²) >= 11 is 0. The van der Waals surface area contributed by atoms with Gasteiger partial charge < -0.3 is 14.8 Å². The van der Waals surface area contributed by atoms with Gasteiger partial charge in [-0.05, 0) is 43.7 Å². The first kappa shape index (κ1) is 14.3. The predicted octanol–water partition coefficient (Wildman–Crippen LogP) is 3.88. The third-order valence-electron chi connectivity index (χ3n) is 2.86. The first-order valence-corrected chi connectivity index (χ1v) is 6.94. The third-order valence-corrected chi connectivity index (χ3v) is 2.86. The largest absolute Gasteiger partial charge is 0.490 e. The molecule has 0 spiro atoms. The molecule has 0 aliphatic carbocycles. The molecule has 0 aliphatic heterocycles. The van der Waals surface area contributed by atoms with Crippen molar-refractivity contribution in [3.63, 3.8) is 0 Å². The summed E-state index contributed by atoms with van der Waals surface area (Å²) in [5, 5.41) is 3.34. The minimum Gasteiger partial charge on any atom is -0.490 e. The minimum atomic E-state index is 0.595. The summed E-state index contributed by atoms with van der Waals surface area (Å²) in [7, 11) is 0. The van der Waals surface area contributed by atoms with Crippen LogP contribution in [0, 0.1) is 6.92 Å². The predicted molar refractivity (Wildman–Crippen MR) is 82.8 cm³/mol. The Labute approximate surface area is 120 Å². The second-order valence-electron chi connectivity index (χ2n) is 4.52. The Morgan fingerprint density at radius 2 is 1.70 bits per heavy atom. The number of ether oxygens (including phenoxy) is 2. The Morgan fingerprint density at radius 1 is 0.950 bits per heavy atom. The number of nitrogens with one attached hydrogen (secondary N) is 1. The van der Waals surface area contributed by atoms with Crippen LogP contribution in [0.15, 0.2) is 48.5 Å². The van der Waals surface area contributed by atoms with Crippen molar-refractivity contribution in [3.8, 4) is 11.5 Å². The van der Waals surface area contributed by atoms with Crippen molar-refractivity contribution >= 4 is 5.69 Å². The standard InChI is InChI=1S/C17H21NO2/c1-3-19-16-9-4-5-10-17(16)20-12-11-18-15-8-6-7-14(2)13-15/h4-10,13,18H,3,11-12H2,1-2H3. The van der Waals surface area contributed by atoms with Gasteiger partial charge >= 0.3 is 0 Å². The fraction of sp³-hybridized carbons (Fsp3) is 0.294. The molecule has 2 aromatic carbocycles. The molecule has 0 aromatic heterocycles. The molecule has 1 N–H and O–H groups in total. The number of hydrogen-bond donors (Lipinski definition) is 1. The molecule has 0 saturated carbocycles. The van der Waals surface area contributed by atoms with Crippen LogP contribution in [-0.4, -0.2) is 19.8 Å². The number of para-hydroxylation sites is 2. The van der Waals surface area contributed by atoms with E-state index in [4.69, 9.17) is 9.47 Å². The molecule has 3 nitrogen and oxygen atoms in total. The summed E-state index contributed by atoms with van der Waals surface area (Å²) < 4.78 is 11.3. The summed E-state index contributed by atoms with van der Waals surface area (Å²) in [5.74, 6) is 1.59. The van der Waals surface area contributed by atoms with Crippen LogP contribution >= 0.6 is 0 Å². The maximum absolute atomic E-state index is 5.75. The number of anilines is 1. The Bertz CT molecular complexity index is 540. The molecule has 0 amide bonds. The van der Waals surface area contributed by atoms with Crippen molar-refractivity contribution in [3.05, 3.63) is 54.1 Å². The molecule has 0 radical (unpaired) electrons. The second-order valence-corrected chi connectivity index (χ2v) is 4.52. The molecule has 2 aromatic rings. The molecule has 106 valence electrons. The van der Waals surface area contributed by atoms with E-state index in [0.29, 0.717) is 13.2 Å². The van der Waals surface area contributed by atoms with Gasteiger partial charge in [0.25, 0.3) is 0 Å². The van der Waals surface area contributed by atoms with Crippen LogP contribution in [0.5, 0.6) is 11.5 Å². The minimum absolute atomic E-state index is 0.595. The quantitative estimate of drug-likeness (QED) is 0.775. The molecule has 0 bridgehead atoms. The van der Waals surface area contributed by atoms with Crippen LogP contribution in [0.1, 0.15) is 12.5 Å². The van der Waals surface area contributed by atoms with Crippen LogP contribution in [0.4, 0.5) is 5.69 Å². The Balaban J connectivity index is 1.81. The summed E-state index contributed by atoms with van der Waals surface area (Å²) in [5.41, 5.74) is 2.37. The zero-order valence-electron chi connectivity index (χ0n) is 12.1. The Kier molecular flexibility index (Phi) is 5.30. The van der Waals surface area contributed by atoms with Gasteiger partial charge in [-0.2, -0.15) is 0 Å². The van der Waals surface area contributed by atoms with Crippen molar-refractivity contribution in [2.24, 2.45) is 0 Å². The summed E-state index contributed by atoms with van der Waals surface area (Å²) in [6.45, 7) is 6.04. The van der Waals surface area contributed by atoms with Crippen molar-refractivity contribution in [2.45, 2.75) is 13.8 Å². The number of hydrogen-bond acceptors (Lipinski definition) is 3. The van der Waals surface area contributed by atoms with E-state index >= 15 is 0 Å². The molecular formula is C17H21NO2. The summed E-state index contributed by atoms with van der Waals surface area (Å²) in [4.78, 5) is 0. The van der Waals surface area contributed by atoms with Gasteiger partial charge in [-0.15, -0.1) is 0 Å². The molecule has 0 aliphatic rings. The lowest BCUT2D eigenvalue weighted by atomic mass is 10.2. The van der Waals surface area contributed by atoms with Gasteiger partial charge in [0.05, 0.1) is 6.61 Å². The lowest BCUT2D eigenvalue weighted by molar-refractivity contribution is 0.284. The van der Waals surface area contributed by atoms with Gasteiger partial charge in [-0.25, -0.2) is 0 Å². The van der Waals surface area contributed by atoms with Crippen LogP contribution in [0.3, 0.4) is 0 Å². The molecule has 0 atom stereocenters. The maximum atomic E-state index is 5.75. The van der Waals surface area contributed by atoms with E-state index in [1.807, 2.05) is 37.3 Å². The number of rotatable bonds is 7. The first-order valence-electron chi connectivity index (χ1n) is 6.94. The molecule has 3 heteroatoms. The fourth-order valence-electron chi connectivity index (χ4n) is 1.96. The molecule has 0 fully saturated rings. The van der Waals surface area contributed by atoms with Gasteiger partial charge in [0, 0.05) is 12.2 Å². The van der Waals surface area contributed by atoms with Gasteiger partial charge in [0.1, 0.15) is 6.61 Å². The smallest absolute Gasteiger partial charge is 0.161 e. The normalized spacial score (nSPS) is 10.1. The zero-order valence-corrected chi connectivity index (χ0v) is 12.1. The molecule has 0 unspecified atom stereocenters. The van der Waals surface area contributed by atoms with Crippen molar-refractivity contribution in [2.75, 3.05) is 25.1 Å². The lowest BCUT2D eigenvalue weighted by Crippen LogP contribution is -2.12. The van der Waals surface area contributed by atoms with Crippen LogP contribution < -0.4 is 14.8 Å². The van der Waals surface area contributed by atoms with Gasteiger partial charge in [0.15, 0.2) is 11.5 Å². The molecule has 0 heterocycles. The molecular weight excluding hydrogens is 250 g/mol. The second kappa shape index (κ2) is 7.43. The maximum Gasteiger partial charge on any atom is 0.161 e. The SMILES string of the molecule is CCOc1ccccc1OCCNc1cccc(C)c1. The van der Waals surface area contributed by atoms with Crippen LogP contribution in [0.25, 0.3) is 0 Å². The van der Waals surface area contributed by atoms with Gasteiger partial charge in [-0.3, -0.25) is 0 Å². The first-order chi connectivity index (χ1) is 9.79. The average molecular weight is 271 g/mol. The summed E-state index contributed by atoms with van der Waals surface area (Å²) in [6.07, 6.45) is 0. The average Bonchev–Trinajstić information content (AvgIpc) is 2.46. The van der Waals surface area contributed by atoms with E-state index in [0.717, 1.165) is 23.7 Å². The third kappa shape index (κ3) is 4.19. The Hall–Kier alpha value is -2.16.